The molecular weight excluding hydrogens is 184 g/mol. The molecule has 15 heavy (non-hydrogen) atoms. The maximum Gasteiger partial charge on any atom is 0.0540 e. The van der Waals surface area contributed by atoms with Crippen LogP contribution in [0.3, 0.4) is 0 Å². The number of aliphatic hydroxyl groups excluding tert-OH is 1. The smallest absolute Gasteiger partial charge is 0.0540 e. The monoisotopic (exact) mass is 216 g/mol. The zero-order valence-electron chi connectivity index (χ0n) is 11.7. The van der Waals surface area contributed by atoms with Crippen LogP contribution in [0.25, 0.3) is 0 Å². The van der Waals surface area contributed by atoms with Crippen LogP contribution >= 0.6 is 0 Å². The third-order valence-corrected chi connectivity index (χ3v) is 2.68. The van der Waals surface area contributed by atoms with Crippen molar-refractivity contribution in [2.45, 2.75) is 79.8 Å². The summed E-state index contributed by atoms with van der Waals surface area (Å²) < 4.78 is 0. The van der Waals surface area contributed by atoms with Gasteiger partial charge in [-0.15, -0.1) is 0 Å². The molecule has 0 saturated heterocycles. The SMILES string of the molecule is CC.CC.CC1CC(C)C1.OC1CCC1. The van der Waals surface area contributed by atoms with E-state index in [-0.39, 0.29) is 6.10 Å². The molecule has 0 unspecified atom stereocenters. The van der Waals surface area contributed by atoms with Crippen LogP contribution in [-0.4, -0.2) is 11.2 Å². The number of hydrogen-bond acceptors (Lipinski definition) is 1. The lowest BCUT2D eigenvalue weighted by Crippen LogP contribution is -2.16. The van der Waals surface area contributed by atoms with Crippen molar-refractivity contribution >= 4 is 0 Å². The molecule has 0 aromatic carbocycles. The minimum absolute atomic E-state index is 0.0648. The molecule has 1 N–H and O–H groups in total. The normalized spacial score (nSPS) is 27.4. The molecule has 0 aliphatic heterocycles. The zero-order chi connectivity index (χ0) is 12.3. The summed E-state index contributed by atoms with van der Waals surface area (Å²) in [6.45, 7) is 12.6. The molecule has 2 saturated carbocycles. The van der Waals surface area contributed by atoms with Gasteiger partial charge in [0.2, 0.25) is 0 Å². The van der Waals surface area contributed by atoms with E-state index in [2.05, 4.69) is 13.8 Å². The van der Waals surface area contributed by atoms with Gasteiger partial charge >= 0.3 is 0 Å². The summed E-state index contributed by atoms with van der Waals surface area (Å²) in [7, 11) is 0. The minimum atomic E-state index is 0.0648. The van der Waals surface area contributed by atoms with Crippen molar-refractivity contribution in [3.63, 3.8) is 0 Å². The Balaban J connectivity index is 0. The first kappa shape index (κ1) is 17.4. The van der Waals surface area contributed by atoms with E-state index in [0.717, 1.165) is 24.7 Å². The highest BCUT2D eigenvalue weighted by atomic mass is 16.3. The molecular formula is C14H32O. The first-order valence-corrected chi connectivity index (χ1v) is 6.86. The average molecular weight is 216 g/mol. The average Bonchev–Trinajstić information content (AvgIpc) is 2.20. The third kappa shape index (κ3) is 10.2. The Morgan fingerprint density at radius 2 is 1.07 bits per heavy atom. The van der Waals surface area contributed by atoms with Crippen molar-refractivity contribution in [3.8, 4) is 0 Å². The van der Waals surface area contributed by atoms with Crippen LogP contribution in [0, 0.1) is 11.8 Å². The molecule has 1 heteroatoms. The molecule has 2 fully saturated rings. The second-order valence-electron chi connectivity index (χ2n) is 4.27. The summed E-state index contributed by atoms with van der Waals surface area (Å²) in [6, 6.07) is 0. The fourth-order valence-corrected chi connectivity index (χ4v) is 1.69. The Kier molecular flexibility index (Phi) is 13.9. The van der Waals surface area contributed by atoms with Gasteiger partial charge in [0.25, 0.3) is 0 Å². The van der Waals surface area contributed by atoms with Crippen LogP contribution in [0.2, 0.25) is 0 Å². The summed E-state index contributed by atoms with van der Waals surface area (Å²) >= 11 is 0. The maximum absolute atomic E-state index is 8.45. The topological polar surface area (TPSA) is 20.2 Å². The molecule has 94 valence electrons. The van der Waals surface area contributed by atoms with Gasteiger partial charge in [-0.05, 0) is 43.9 Å². The predicted molar refractivity (Wildman–Crippen MR) is 70.1 cm³/mol. The maximum atomic E-state index is 8.45. The molecule has 2 aliphatic rings. The fraction of sp³-hybridized carbons (Fsp3) is 1.00. The number of aliphatic hydroxyl groups is 1. The molecule has 0 amide bonds. The molecule has 2 aliphatic carbocycles. The number of hydrogen-bond donors (Lipinski definition) is 1. The van der Waals surface area contributed by atoms with E-state index in [1.165, 1.54) is 19.3 Å². The summed E-state index contributed by atoms with van der Waals surface area (Å²) in [4.78, 5) is 0. The molecule has 0 radical (unpaired) electrons. The van der Waals surface area contributed by atoms with Gasteiger partial charge in [0.1, 0.15) is 0 Å². The first-order chi connectivity index (χ1) is 7.18. The Morgan fingerprint density at radius 1 is 0.800 bits per heavy atom. The highest BCUT2D eigenvalue weighted by Gasteiger charge is 2.19. The molecule has 0 aromatic rings. The quantitative estimate of drug-likeness (QED) is 0.625. The van der Waals surface area contributed by atoms with Gasteiger partial charge in [-0.3, -0.25) is 0 Å². The molecule has 0 heterocycles. The molecule has 2 rings (SSSR count). The second-order valence-corrected chi connectivity index (χ2v) is 4.27. The largest absolute Gasteiger partial charge is 0.393 e. The highest BCUT2D eigenvalue weighted by molar-refractivity contribution is 4.71. The van der Waals surface area contributed by atoms with Crippen molar-refractivity contribution in [1.82, 2.24) is 0 Å². The van der Waals surface area contributed by atoms with Gasteiger partial charge in [0, 0.05) is 0 Å². The predicted octanol–water partition coefficient (Wildman–Crippen LogP) is 4.64. The lowest BCUT2D eigenvalue weighted by atomic mass is 9.78. The van der Waals surface area contributed by atoms with Crippen LogP contribution < -0.4 is 0 Å². The molecule has 1 nitrogen and oxygen atoms in total. The van der Waals surface area contributed by atoms with Gasteiger partial charge in [0.05, 0.1) is 6.10 Å². The Labute approximate surface area is 97.3 Å². The van der Waals surface area contributed by atoms with E-state index in [1.54, 1.807) is 0 Å². The molecule has 0 bridgehead atoms. The van der Waals surface area contributed by atoms with E-state index >= 15 is 0 Å². The second kappa shape index (κ2) is 12.0. The van der Waals surface area contributed by atoms with Crippen LogP contribution in [0.4, 0.5) is 0 Å². The van der Waals surface area contributed by atoms with Crippen LogP contribution in [0.1, 0.15) is 73.6 Å². The van der Waals surface area contributed by atoms with Crippen molar-refractivity contribution in [1.29, 1.82) is 0 Å². The lowest BCUT2D eigenvalue weighted by Gasteiger charge is -2.28. The van der Waals surface area contributed by atoms with Gasteiger partial charge < -0.3 is 5.11 Å². The standard InChI is InChI=1S/C6H12.C4H8O.2C2H6/c1-5-3-6(2)4-5;5-4-2-1-3-4;2*1-2/h5-6H,3-4H2,1-2H3;4-5H,1-3H2;2*1-2H3. The van der Waals surface area contributed by atoms with Crippen molar-refractivity contribution < 1.29 is 5.11 Å². The zero-order valence-corrected chi connectivity index (χ0v) is 11.7. The van der Waals surface area contributed by atoms with Crippen molar-refractivity contribution in [2.24, 2.45) is 11.8 Å². The fourth-order valence-electron chi connectivity index (χ4n) is 1.69. The van der Waals surface area contributed by atoms with E-state index in [4.69, 9.17) is 5.11 Å². The third-order valence-electron chi connectivity index (χ3n) is 2.68. The summed E-state index contributed by atoms with van der Waals surface area (Å²) in [5, 5.41) is 8.45. The first-order valence-electron chi connectivity index (χ1n) is 6.86. The van der Waals surface area contributed by atoms with Gasteiger partial charge in [0.15, 0.2) is 0 Å². The number of rotatable bonds is 0. The Morgan fingerprint density at radius 3 is 1.07 bits per heavy atom. The Hall–Kier alpha value is -0.0400. The minimum Gasteiger partial charge on any atom is -0.393 e. The van der Waals surface area contributed by atoms with Gasteiger partial charge in [-0.1, -0.05) is 41.5 Å². The summed E-state index contributed by atoms with van der Waals surface area (Å²) in [5.41, 5.74) is 0. The van der Waals surface area contributed by atoms with Gasteiger partial charge in [-0.2, -0.15) is 0 Å². The van der Waals surface area contributed by atoms with E-state index in [9.17, 15) is 0 Å². The molecule has 0 spiro atoms. The Bertz CT molecular complexity index is 95.9. The van der Waals surface area contributed by atoms with Crippen LogP contribution in [0.5, 0.6) is 0 Å². The summed E-state index contributed by atoms with van der Waals surface area (Å²) in [5.74, 6) is 2.08. The van der Waals surface area contributed by atoms with Crippen LogP contribution in [0.15, 0.2) is 0 Å². The van der Waals surface area contributed by atoms with Crippen molar-refractivity contribution in [2.75, 3.05) is 0 Å². The van der Waals surface area contributed by atoms with Gasteiger partial charge in [-0.25, -0.2) is 0 Å². The molecule has 0 aromatic heterocycles. The molecule has 0 atom stereocenters. The van der Waals surface area contributed by atoms with E-state index < -0.39 is 0 Å². The van der Waals surface area contributed by atoms with E-state index in [0.29, 0.717) is 0 Å². The highest BCUT2D eigenvalue weighted by Crippen LogP contribution is 2.31. The lowest BCUT2D eigenvalue weighted by molar-refractivity contribution is 0.0950. The van der Waals surface area contributed by atoms with E-state index in [1.807, 2.05) is 27.7 Å². The summed E-state index contributed by atoms with van der Waals surface area (Å²) in [6.07, 6.45) is 6.33. The van der Waals surface area contributed by atoms with Crippen molar-refractivity contribution in [3.05, 3.63) is 0 Å². The van der Waals surface area contributed by atoms with Crippen LogP contribution in [-0.2, 0) is 0 Å².